The predicted octanol–water partition coefficient (Wildman–Crippen LogP) is 4.21. The Morgan fingerprint density at radius 3 is 2.64 bits per heavy atom. The molecule has 0 spiro atoms. The maximum Gasteiger partial charge on any atom is 0.198 e. The van der Waals surface area contributed by atoms with Crippen LogP contribution in [0.1, 0.15) is 17.5 Å². The fourth-order valence-corrected chi connectivity index (χ4v) is 3.52. The fourth-order valence-electron chi connectivity index (χ4n) is 3.20. The summed E-state index contributed by atoms with van der Waals surface area (Å²) >= 11 is 11.5. The van der Waals surface area contributed by atoms with E-state index in [0.29, 0.717) is 18.0 Å². The lowest BCUT2D eigenvalue weighted by atomic mass is 10.2. The molecule has 3 aromatic rings. The molecule has 1 aliphatic rings. The summed E-state index contributed by atoms with van der Waals surface area (Å²) in [5.41, 5.74) is 1.18. The van der Waals surface area contributed by atoms with Crippen molar-refractivity contribution in [1.82, 2.24) is 19.2 Å². The van der Waals surface area contributed by atoms with Crippen LogP contribution in [0, 0.1) is 4.77 Å². The standard InChI is InChI=1S/C20H21ClN4O2S/c1-23(11-14-7-9-15(21)10-8-14)13-25-20(28)24(2)19(22-25)18-12-26-16-5-3-4-6-17(16)27-18/h3-10,18H,11-13H2,1-2H3/t18-/m1/s1. The van der Waals surface area contributed by atoms with Crippen LogP contribution in [0.5, 0.6) is 11.5 Å². The van der Waals surface area contributed by atoms with Gasteiger partial charge in [0.15, 0.2) is 28.2 Å². The van der Waals surface area contributed by atoms with Crippen molar-refractivity contribution in [3.63, 3.8) is 0 Å². The Kier molecular flexibility index (Phi) is 5.39. The van der Waals surface area contributed by atoms with Crippen molar-refractivity contribution in [1.29, 1.82) is 0 Å². The fraction of sp³-hybridized carbons (Fsp3) is 0.300. The number of nitrogens with zero attached hydrogens (tertiary/aromatic N) is 4. The van der Waals surface area contributed by atoms with Crippen LogP contribution in [0.2, 0.25) is 5.02 Å². The van der Waals surface area contributed by atoms with E-state index in [1.807, 2.05) is 71.9 Å². The molecule has 1 aromatic heterocycles. The summed E-state index contributed by atoms with van der Waals surface area (Å²) in [7, 11) is 3.94. The van der Waals surface area contributed by atoms with E-state index < -0.39 is 0 Å². The molecule has 0 radical (unpaired) electrons. The van der Waals surface area contributed by atoms with Crippen molar-refractivity contribution in [2.45, 2.75) is 19.3 Å². The molecule has 8 heteroatoms. The second kappa shape index (κ2) is 7.95. The zero-order valence-electron chi connectivity index (χ0n) is 15.7. The molecule has 6 nitrogen and oxygen atoms in total. The first-order valence-electron chi connectivity index (χ1n) is 8.96. The van der Waals surface area contributed by atoms with Gasteiger partial charge in [-0.05, 0) is 49.1 Å². The smallest absolute Gasteiger partial charge is 0.198 e. The van der Waals surface area contributed by atoms with Gasteiger partial charge in [-0.3, -0.25) is 4.90 Å². The van der Waals surface area contributed by atoms with E-state index in [9.17, 15) is 0 Å². The Morgan fingerprint density at radius 1 is 1.18 bits per heavy atom. The van der Waals surface area contributed by atoms with Crippen molar-refractivity contribution in [3.8, 4) is 11.5 Å². The van der Waals surface area contributed by atoms with Crippen LogP contribution < -0.4 is 9.47 Å². The lowest BCUT2D eigenvalue weighted by molar-refractivity contribution is 0.0821. The minimum absolute atomic E-state index is 0.301. The molecule has 0 fully saturated rings. The average Bonchev–Trinajstić information content (AvgIpc) is 2.98. The molecule has 0 amide bonds. The molecule has 0 saturated heterocycles. The van der Waals surface area contributed by atoms with Gasteiger partial charge in [-0.1, -0.05) is 35.9 Å². The lowest BCUT2D eigenvalue weighted by Crippen LogP contribution is -2.25. The van der Waals surface area contributed by atoms with Crippen LogP contribution in [0.4, 0.5) is 0 Å². The van der Waals surface area contributed by atoms with E-state index in [1.54, 1.807) is 0 Å². The highest BCUT2D eigenvalue weighted by Crippen LogP contribution is 2.35. The highest BCUT2D eigenvalue weighted by Gasteiger charge is 2.27. The molecule has 4 rings (SSSR count). The zero-order valence-corrected chi connectivity index (χ0v) is 17.3. The van der Waals surface area contributed by atoms with Crippen molar-refractivity contribution in [2.24, 2.45) is 7.05 Å². The van der Waals surface area contributed by atoms with Crippen molar-refractivity contribution in [2.75, 3.05) is 13.7 Å². The number of hydrogen-bond donors (Lipinski definition) is 0. The first-order chi connectivity index (χ1) is 13.5. The average molecular weight is 417 g/mol. The minimum atomic E-state index is -0.301. The molecule has 0 unspecified atom stereocenters. The van der Waals surface area contributed by atoms with E-state index in [-0.39, 0.29) is 6.10 Å². The molecule has 1 aliphatic heterocycles. The molecular weight excluding hydrogens is 396 g/mol. The third-order valence-electron chi connectivity index (χ3n) is 4.61. The highest BCUT2D eigenvalue weighted by molar-refractivity contribution is 7.71. The quantitative estimate of drug-likeness (QED) is 0.583. The normalized spacial score (nSPS) is 15.8. The predicted molar refractivity (Wildman–Crippen MR) is 110 cm³/mol. The maximum absolute atomic E-state index is 6.08. The SMILES string of the molecule is CN(Cc1ccc(Cl)cc1)Cn1nc([C@H]2COc3ccccc3O2)n(C)c1=S. The van der Waals surface area contributed by atoms with Gasteiger partial charge >= 0.3 is 0 Å². The van der Waals surface area contributed by atoms with Crippen molar-refractivity contribution in [3.05, 3.63) is 69.7 Å². The first-order valence-corrected chi connectivity index (χ1v) is 9.75. The van der Waals surface area contributed by atoms with Gasteiger partial charge in [0.2, 0.25) is 0 Å². The van der Waals surface area contributed by atoms with Gasteiger partial charge in [0.1, 0.15) is 6.61 Å². The summed E-state index contributed by atoms with van der Waals surface area (Å²) in [5.74, 6) is 2.22. The number of ether oxygens (including phenoxy) is 2. The third kappa shape index (κ3) is 3.92. The molecule has 146 valence electrons. The second-order valence-electron chi connectivity index (χ2n) is 6.85. The molecule has 2 aromatic carbocycles. The van der Waals surface area contributed by atoms with Gasteiger partial charge in [-0.2, -0.15) is 5.10 Å². The van der Waals surface area contributed by atoms with E-state index in [1.165, 1.54) is 5.56 Å². The van der Waals surface area contributed by atoms with E-state index in [0.717, 1.165) is 28.9 Å². The molecule has 0 bridgehead atoms. The largest absolute Gasteiger partial charge is 0.485 e. The summed E-state index contributed by atoms with van der Waals surface area (Å²) in [6, 6.07) is 15.5. The molecule has 0 aliphatic carbocycles. The van der Waals surface area contributed by atoms with E-state index in [4.69, 9.17) is 38.4 Å². The van der Waals surface area contributed by atoms with Crippen LogP contribution in [0.25, 0.3) is 0 Å². The number of halogens is 1. The molecule has 0 saturated carbocycles. The van der Waals surface area contributed by atoms with Crippen molar-refractivity contribution >= 4 is 23.8 Å². The van der Waals surface area contributed by atoms with Crippen LogP contribution in [-0.2, 0) is 20.3 Å². The number of hydrogen-bond acceptors (Lipinski definition) is 5. The Hall–Kier alpha value is -2.35. The summed E-state index contributed by atoms with van der Waals surface area (Å²) in [6.45, 7) is 1.73. The summed E-state index contributed by atoms with van der Waals surface area (Å²) in [5, 5.41) is 5.44. The Bertz CT molecular complexity index is 1030. The van der Waals surface area contributed by atoms with E-state index in [2.05, 4.69) is 4.90 Å². The number of fused-ring (bicyclic) bond motifs is 1. The molecule has 28 heavy (non-hydrogen) atoms. The van der Waals surface area contributed by atoms with Crippen molar-refractivity contribution < 1.29 is 9.47 Å². The lowest BCUT2D eigenvalue weighted by Gasteiger charge is -2.25. The Labute approximate surface area is 173 Å². The van der Waals surface area contributed by atoms with Gasteiger partial charge in [-0.15, -0.1) is 0 Å². The number of aromatic nitrogens is 3. The first kappa shape index (κ1) is 19.0. The minimum Gasteiger partial charge on any atom is -0.485 e. The molecule has 1 atom stereocenters. The van der Waals surface area contributed by atoms with Crippen LogP contribution in [0.3, 0.4) is 0 Å². The Balaban J connectivity index is 1.49. The molecule has 2 heterocycles. The monoisotopic (exact) mass is 416 g/mol. The molecule has 0 N–H and O–H groups in total. The number of benzene rings is 2. The van der Waals surface area contributed by atoms with E-state index >= 15 is 0 Å². The summed E-state index contributed by atoms with van der Waals surface area (Å²) in [6.07, 6.45) is -0.301. The highest BCUT2D eigenvalue weighted by atomic mass is 35.5. The second-order valence-corrected chi connectivity index (χ2v) is 7.65. The molecular formula is C20H21ClN4O2S. The summed E-state index contributed by atoms with van der Waals surface area (Å²) < 4.78 is 16.2. The zero-order chi connectivity index (χ0) is 19.7. The maximum atomic E-state index is 6.08. The van der Waals surface area contributed by atoms with Crippen LogP contribution in [-0.4, -0.2) is 32.9 Å². The van der Waals surface area contributed by atoms with Gasteiger partial charge in [0.05, 0.1) is 6.67 Å². The van der Waals surface area contributed by atoms with Gasteiger partial charge in [0.25, 0.3) is 0 Å². The number of para-hydroxylation sites is 2. The van der Waals surface area contributed by atoms with Crippen LogP contribution in [0.15, 0.2) is 48.5 Å². The summed E-state index contributed by atoms with van der Waals surface area (Å²) in [4.78, 5) is 2.14. The van der Waals surface area contributed by atoms with Gasteiger partial charge in [-0.25, -0.2) is 4.68 Å². The van der Waals surface area contributed by atoms with Gasteiger partial charge in [0, 0.05) is 18.6 Å². The number of rotatable bonds is 5. The third-order valence-corrected chi connectivity index (χ3v) is 5.35. The van der Waals surface area contributed by atoms with Gasteiger partial charge < -0.3 is 14.0 Å². The topological polar surface area (TPSA) is 44.5 Å². The Morgan fingerprint density at radius 2 is 1.89 bits per heavy atom. The van der Waals surface area contributed by atoms with Crippen LogP contribution >= 0.6 is 23.8 Å².